The highest BCUT2D eigenvalue weighted by Crippen LogP contribution is 2.36. The third-order valence-electron chi connectivity index (χ3n) is 5.02. The van der Waals surface area contributed by atoms with E-state index in [1.54, 1.807) is 0 Å². The molecule has 4 heterocycles. The quantitative estimate of drug-likeness (QED) is 0.861. The Labute approximate surface area is 135 Å². The van der Waals surface area contributed by atoms with Gasteiger partial charge in [-0.15, -0.1) is 0 Å². The zero-order valence-corrected chi connectivity index (χ0v) is 13.7. The van der Waals surface area contributed by atoms with Crippen LogP contribution in [-0.4, -0.2) is 41.3 Å². The van der Waals surface area contributed by atoms with Crippen LogP contribution in [0.15, 0.2) is 21.1 Å². The lowest BCUT2D eigenvalue weighted by Crippen LogP contribution is -2.36. The van der Waals surface area contributed by atoms with Crippen LogP contribution in [-0.2, 0) is 17.7 Å². The summed E-state index contributed by atoms with van der Waals surface area (Å²) < 4.78 is 16.9. The molecule has 2 aromatic heterocycles. The summed E-state index contributed by atoms with van der Waals surface area (Å²) in [6.45, 7) is 8.54. The van der Waals surface area contributed by atoms with Crippen LogP contribution in [0.2, 0.25) is 0 Å². The van der Waals surface area contributed by atoms with Crippen LogP contribution >= 0.6 is 0 Å². The van der Waals surface area contributed by atoms with E-state index >= 15 is 0 Å². The lowest BCUT2D eigenvalue weighted by Gasteiger charge is -2.32. The van der Waals surface area contributed by atoms with Gasteiger partial charge in [0.1, 0.15) is 11.5 Å². The maximum absolute atomic E-state index is 5.84. The Bertz CT molecular complexity index is 666. The van der Waals surface area contributed by atoms with Gasteiger partial charge in [0, 0.05) is 19.5 Å². The third-order valence-corrected chi connectivity index (χ3v) is 5.02. The van der Waals surface area contributed by atoms with Crippen molar-refractivity contribution < 1.29 is 13.7 Å². The first-order valence-corrected chi connectivity index (χ1v) is 8.32. The summed E-state index contributed by atoms with van der Waals surface area (Å²) in [5.41, 5.74) is 0. The largest absolute Gasteiger partial charge is 0.465 e. The summed E-state index contributed by atoms with van der Waals surface area (Å²) in [4.78, 5) is 6.83. The predicted octanol–water partition coefficient (Wildman–Crippen LogP) is 2.22. The smallest absolute Gasteiger partial charge is 0.227 e. The molecule has 0 amide bonds. The Morgan fingerprint density at radius 2 is 2.13 bits per heavy atom. The van der Waals surface area contributed by atoms with Gasteiger partial charge in [-0.2, -0.15) is 4.98 Å². The second-order valence-corrected chi connectivity index (χ2v) is 6.87. The average Bonchev–Trinajstić information content (AvgIpc) is 3.21. The van der Waals surface area contributed by atoms with E-state index in [-0.39, 0.29) is 0 Å². The van der Waals surface area contributed by atoms with E-state index in [1.807, 2.05) is 19.9 Å². The first-order chi connectivity index (χ1) is 11.2. The highest BCUT2D eigenvalue weighted by Gasteiger charge is 2.41. The van der Waals surface area contributed by atoms with Crippen LogP contribution < -0.4 is 0 Å². The van der Waals surface area contributed by atoms with Crippen LogP contribution in [0.5, 0.6) is 0 Å². The first kappa shape index (κ1) is 14.9. The van der Waals surface area contributed by atoms with Crippen LogP contribution in [0.4, 0.5) is 0 Å². The van der Waals surface area contributed by atoms with Crippen molar-refractivity contribution in [2.75, 3.05) is 26.3 Å². The fourth-order valence-electron chi connectivity index (χ4n) is 3.97. The van der Waals surface area contributed by atoms with Crippen molar-refractivity contribution in [1.29, 1.82) is 0 Å². The van der Waals surface area contributed by atoms with Crippen molar-refractivity contribution in [1.82, 2.24) is 15.0 Å². The van der Waals surface area contributed by atoms with E-state index in [0.29, 0.717) is 23.6 Å². The van der Waals surface area contributed by atoms with Gasteiger partial charge in [-0.1, -0.05) is 5.16 Å². The average molecular weight is 317 g/mol. The molecule has 2 fully saturated rings. The zero-order chi connectivity index (χ0) is 15.8. The van der Waals surface area contributed by atoms with E-state index in [0.717, 1.165) is 56.7 Å². The van der Waals surface area contributed by atoms with Gasteiger partial charge >= 0.3 is 0 Å². The Kier molecular flexibility index (Phi) is 3.95. The molecule has 6 heteroatoms. The summed E-state index contributed by atoms with van der Waals surface area (Å²) in [7, 11) is 0. The summed E-state index contributed by atoms with van der Waals surface area (Å²) in [6, 6.07) is 4.11. The van der Waals surface area contributed by atoms with Gasteiger partial charge in [-0.25, -0.2) is 0 Å². The molecular formula is C17H23N3O3. The number of aryl methyl sites for hydroxylation is 2. The monoisotopic (exact) mass is 317 g/mol. The number of furan rings is 1. The van der Waals surface area contributed by atoms with Crippen molar-refractivity contribution in [2.45, 2.75) is 26.8 Å². The first-order valence-electron chi connectivity index (χ1n) is 8.32. The number of nitrogens with zero attached hydrogens (tertiary/aromatic N) is 3. The number of hydrogen-bond donors (Lipinski definition) is 0. The van der Waals surface area contributed by atoms with E-state index in [1.165, 1.54) is 0 Å². The molecule has 0 aliphatic carbocycles. The minimum Gasteiger partial charge on any atom is -0.465 e. The molecule has 0 N–H and O–H groups in total. The Morgan fingerprint density at radius 1 is 1.22 bits per heavy atom. The maximum Gasteiger partial charge on any atom is 0.227 e. The highest BCUT2D eigenvalue weighted by molar-refractivity contribution is 5.06. The Hall–Kier alpha value is -1.66. The fraction of sp³-hybridized carbons (Fsp3) is 0.647. The van der Waals surface area contributed by atoms with Gasteiger partial charge in [-0.3, -0.25) is 4.90 Å². The number of hydrogen-bond acceptors (Lipinski definition) is 6. The van der Waals surface area contributed by atoms with Gasteiger partial charge in [0.15, 0.2) is 5.82 Å². The number of fused-ring (bicyclic) bond motifs is 1. The number of likely N-dealkylation sites (tertiary alicyclic amines) is 1. The fourth-order valence-corrected chi connectivity index (χ4v) is 3.97. The number of ether oxygens (including phenoxy) is 1. The summed E-state index contributed by atoms with van der Waals surface area (Å²) in [5.74, 6) is 5.14. The van der Waals surface area contributed by atoms with Crippen molar-refractivity contribution in [3.05, 3.63) is 35.4 Å². The van der Waals surface area contributed by atoms with Crippen molar-refractivity contribution in [3.63, 3.8) is 0 Å². The second-order valence-electron chi connectivity index (χ2n) is 6.87. The molecule has 124 valence electrons. The minimum absolute atomic E-state index is 0.455. The molecule has 2 aliphatic rings. The topological polar surface area (TPSA) is 64.5 Å². The molecule has 23 heavy (non-hydrogen) atoms. The predicted molar refractivity (Wildman–Crippen MR) is 82.8 cm³/mol. The molecular weight excluding hydrogens is 294 g/mol. The third kappa shape index (κ3) is 3.19. The lowest BCUT2D eigenvalue weighted by molar-refractivity contribution is -0.0110. The SMILES string of the molecule is Cc1noc(C[C@@H]2COC[C@H]3CN(Cc4ccc(C)o4)C[C@@H]23)n1. The molecule has 0 bridgehead atoms. The molecule has 0 radical (unpaired) electrons. The molecule has 2 saturated heterocycles. The molecule has 4 rings (SSSR count). The molecule has 2 aliphatic heterocycles. The van der Waals surface area contributed by atoms with Crippen molar-refractivity contribution in [3.8, 4) is 0 Å². The van der Waals surface area contributed by atoms with E-state index < -0.39 is 0 Å². The van der Waals surface area contributed by atoms with Gasteiger partial charge in [0.2, 0.25) is 5.89 Å². The molecule has 0 unspecified atom stereocenters. The normalized spacial score (nSPS) is 28.2. The number of rotatable bonds is 4. The maximum atomic E-state index is 5.84. The van der Waals surface area contributed by atoms with Crippen LogP contribution in [0.25, 0.3) is 0 Å². The van der Waals surface area contributed by atoms with E-state index in [4.69, 9.17) is 13.7 Å². The summed E-state index contributed by atoms with van der Waals surface area (Å²) >= 11 is 0. The molecule has 0 spiro atoms. The molecule has 0 aromatic carbocycles. The Morgan fingerprint density at radius 3 is 2.87 bits per heavy atom. The summed E-state index contributed by atoms with van der Waals surface area (Å²) in [5, 5.41) is 3.89. The molecule has 0 saturated carbocycles. The van der Waals surface area contributed by atoms with Crippen LogP contribution in [0.1, 0.15) is 23.2 Å². The van der Waals surface area contributed by atoms with Crippen molar-refractivity contribution >= 4 is 0 Å². The summed E-state index contributed by atoms with van der Waals surface area (Å²) in [6.07, 6.45) is 0.815. The minimum atomic E-state index is 0.455. The molecule has 2 aromatic rings. The van der Waals surface area contributed by atoms with Crippen LogP contribution in [0.3, 0.4) is 0 Å². The van der Waals surface area contributed by atoms with Gasteiger partial charge < -0.3 is 13.7 Å². The Balaban J connectivity index is 1.41. The highest BCUT2D eigenvalue weighted by atomic mass is 16.5. The number of aromatic nitrogens is 2. The zero-order valence-electron chi connectivity index (χ0n) is 13.7. The second kappa shape index (κ2) is 6.09. The van der Waals surface area contributed by atoms with Gasteiger partial charge in [0.05, 0.1) is 19.8 Å². The van der Waals surface area contributed by atoms with Crippen molar-refractivity contribution in [2.24, 2.45) is 17.8 Å². The van der Waals surface area contributed by atoms with E-state index in [2.05, 4.69) is 21.1 Å². The van der Waals surface area contributed by atoms with E-state index in [9.17, 15) is 0 Å². The van der Waals surface area contributed by atoms with Gasteiger partial charge in [0.25, 0.3) is 0 Å². The van der Waals surface area contributed by atoms with Gasteiger partial charge in [-0.05, 0) is 43.7 Å². The van der Waals surface area contributed by atoms with Crippen LogP contribution in [0, 0.1) is 31.6 Å². The molecule has 3 atom stereocenters. The lowest BCUT2D eigenvalue weighted by atomic mass is 9.81. The molecule has 6 nitrogen and oxygen atoms in total. The standard InChI is InChI=1S/C17H23N3O3/c1-11-3-4-15(22-11)7-20-6-14-10-21-9-13(16(14)8-20)5-17-18-12(2)19-23-17/h3-4,13-14,16H,5-10H2,1-2H3/t13-,14-,16+/m1/s1.